The van der Waals surface area contributed by atoms with E-state index in [0.29, 0.717) is 12.3 Å². The summed E-state index contributed by atoms with van der Waals surface area (Å²) in [6, 6.07) is 4.10. The Labute approximate surface area is 118 Å². The van der Waals surface area contributed by atoms with Crippen LogP contribution in [0.25, 0.3) is 0 Å². The number of fused-ring (bicyclic) bond motifs is 1. The third-order valence-electron chi connectivity index (χ3n) is 2.67. The zero-order valence-electron chi connectivity index (χ0n) is 10.4. The Morgan fingerprint density at radius 2 is 2.11 bits per heavy atom. The van der Waals surface area contributed by atoms with Gasteiger partial charge in [0.25, 0.3) is 0 Å². The lowest BCUT2D eigenvalue weighted by Gasteiger charge is -2.13. The maximum Gasteiger partial charge on any atom is 0.231 e. The van der Waals surface area contributed by atoms with E-state index in [1.807, 2.05) is 19.1 Å². The summed E-state index contributed by atoms with van der Waals surface area (Å²) in [5.41, 5.74) is 1.10. The first-order valence-electron chi connectivity index (χ1n) is 5.67. The molecule has 1 N–H and O–H groups in total. The molecule has 4 nitrogen and oxygen atoms in total. The molecule has 2 unspecified atom stereocenters. The highest BCUT2D eigenvalue weighted by molar-refractivity contribution is 9.10. The van der Waals surface area contributed by atoms with E-state index in [1.54, 1.807) is 6.26 Å². The van der Waals surface area contributed by atoms with E-state index in [-0.39, 0.29) is 12.8 Å². The molecule has 1 aliphatic rings. The Kier molecular flexibility index (Phi) is 4.64. The van der Waals surface area contributed by atoms with Crippen molar-refractivity contribution >= 4 is 26.7 Å². The standard InChI is InChI=1S/C12H16BrNO3S/c1-8(6-18(2)15)14-5-9-3-11-12(4-10(9)13)17-7-16-11/h3-4,8,14H,5-7H2,1-2H3. The van der Waals surface area contributed by atoms with Crippen LogP contribution in [0.5, 0.6) is 11.5 Å². The first kappa shape index (κ1) is 13.8. The minimum atomic E-state index is -0.777. The van der Waals surface area contributed by atoms with Crippen molar-refractivity contribution in [2.24, 2.45) is 0 Å². The van der Waals surface area contributed by atoms with Crippen LogP contribution in [-0.2, 0) is 17.3 Å². The van der Waals surface area contributed by atoms with Crippen LogP contribution in [0, 0.1) is 0 Å². The summed E-state index contributed by atoms with van der Waals surface area (Å²) in [6.07, 6.45) is 1.72. The lowest BCUT2D eigenvalue weighted by Crippen LogP contribution is -2.30. The maximum absolute atomic E-state index is 11.1. The van der Waals surface area contributed by atoms with Crippen molar-refractivity contribution in [3.63, 3.8) is 0 Å². The molecule has 2 atom stereocenters. The predicted octanol–water partition coefficient (Wildman–Crippen LogP) is 2.03. The Hall–Kier alpha value is -0.590. The smallest absolute Gasteiger partial charge is 0.231 e. The second-order valence-electron chi connectivity index (χ2n) is 4.32. The Balaban J connectivity index is 1.99. The lowest BCUT2D eigenvalue weighted by atomic mass is 10.2. The van der Waals surface area contributed by atoms with Crippen LogP contribution in [0.2, 0.25) is 0 Å². The molecule has 0 bridgehead atoms. The minimum absolute atomic E-state index is 0.216. The molecule has 0 aliphatic carbocycles. The van der Waals surface area contributed by atoms with Crippen molar-refractivity contribution in [2.45, 2.75) is 19.5 Å². The fourth-order valence-electron chi connectivity index (χ4n) is 1.79. The minimum Gasteiger partial charge on any atom is -0.454 e. The predicted molar refractivity (Wildman–Crippen MR) is 75.5 cm³/mol. The highest BCUT2D eigenvalue weighted by Crippen LogP contribution is 2.36. The number of halogens is 1. The molecule has 0 amide bonds. The van der Waals surface area contributed by atoms with Crippen molar-refractivity contribution in [3.8, 4) is 11.5 Å². The molecular formula is C12H16BrNO3S. The quantitative estimate of drug-likeness (QED) is 0.895. The first-order valence-corrected chi connectivity index (χ1v) is 8.19. The monoisotopic (exact) mass is 333 g/mol. The summed E-state index contributed by atoms with van der Waals surface area (Å²) in [5, 5.41) is 3.34. The van der Waals surface area contributed by atoms with Gasteiger partial charge in [-0.1, -0.05) is 15.9 Å². The Morgan fingerprint density at radius 1 is 1.44 bits per heavy atom. The number of hydrogen-bond donors (Lipinski definition) is 1. The van der Waals surface area contributed by atoms with Crippen LogP contribution in [-0.4, -0.2) is 29.1 Å². The number of ether oxygens (including phenoxy) is 2. The van der Waals surface area contributed by atoms with Crippen molar-refractivity contribution < 1.29 is 13.7 Å². The molecule has 0 radical (unpaired) electrons. The molecule has 1 aromatic rings. The second-order valence-corrected chi connectivity index (χ2v) is 6.65. The zero-order chi connectivity index (χ0) is 13.1. The number of benzene rings is 1. The Bertz CT molecular complexity index is 467. The van der Waals surface area contributed by atoms with E-state index in [2.05, 4.69) is 21.2 Å². The normalized spacial score (nSPS) is 16.6. The summed E-state index contributed by atoms with van der Waals surface area (Å²) in [6.45, 7) is 3.02. The van der Waals surface area contributed by atoms with Crippen LogP contribution >= 0.6 is 15.9 Å². The largest absolute Gasteiger partial charge is 0.454 e. The van der Waals surface area contributed by atoms with Gasteiger partial charge in [0.15, 0.2) is 11.5 Å². The van der Waals surface area contributed by atoms with Gasteiger partial charge in [-0.2, -0.15) is 0 Å². The molecule has 1 aromatic carbocycles. The van der Waals surface area contributed by atoms with E-state index >= 15 is 0 Å². The van der Waals surface area contributed by atoms with Gasteiger partial charge < -0.3 is 14.8 Å². The second kappa shape index (κ2) is 6.04. The van der Waals surface area contributed by atoms with Crippen LogP contribution in [0.1, 0.15) is 12.5 Å². The topological polar surface area (TPSA) is 47.6 Å². The van der Waals surface area contributed by atoms with Gasteiger partial charge in [-0.15, -0.1) is 0 Å². The summed E-state index contributed by atoms with van der Waals surface area (Å²) in [5.74, 6) is 2.21. The third-order valence-corrected chi connectivity index (χ3v) is 4.37. The molecule has 0 saturated heterocycles. The maximum atomic E-state index is 11.1. The van der Waals surface area contributed by atoms with E-state index in [1.165, 1.54) is 0 Å². The summed E-state index contributed by atoms with van der Waals surface area (Å²) < 4.78 is 22.7. The van der Waals surface area contributed by atoms with Crippen LogP contribution < -0.4 is 14.8 Å². The van der Waals surface area contributed by atoms with E-state index in [0.717, 1.165) is 21.5 Å². The number of rotatable bonds is 5. The molecule has 0 aromatic heterocycles. The SMILES string of the molecule is CC(CS(C)=O)NCc1cc2c(cc1Br)OCO2. The van der Waals surface area contributed by atoms with Crippen molar-refractivity contribution in [3.05, 3.63) is 22.2 Å². The fourth-order valence-corrected chi connectivity index (χ4v) is 3.07. The van der Waals surface area contributed by atoms with Crippen LogP contribution in [0.15, 0.2) is 16.6 Å². The van der Waals surface area contributed by atoms with E-state index < -0.39 is 10.8 Å². The van der Waals surface area contributed by atoms with Gasteiger partial charge in [-0.25, -0.2) is 0 Å². The zero-order valence-corrected chi connectivity index (χ0v) is 12.8. The molecule has 100 valence electrons. The van der Waals surface area contributed by atoms with Gasteiger partial charge in [0, 0.05) is 39.9 Å². The molecule has 1 heterocycles. The van der Waals surface area contributed by atoms with Gasteiger partial charge >= 0.3 is 0 Å². The molecule has 18 heavy (non-hydrogen) atoms. The number of nitrogens with one attached hydrogen (secondary N) is 1. The molecule has 0 saturated carbocycles. The average Bonchev–Trinajstić information content (AvgIpc) is 2.71. The van der Waals surface area contributed by atoms with Crippen LogP contribution in [0.4, 0.5) is 0 Å². The first-order chi connectivity index (χ1) is 8.56. The molecule has 0 fully saturated rings. The molecule has 1 aliphatic heterocycles. The van der Waals surface area contributed by atoms with E-state index in [4.69, 9.17) is 9.47 Å². The van der Waals surface area contributed by atoms with Gasteiger partial charge in [-0.3, -0.25) is 4.21 Å². The summed E-state index contributed by atoms with van der Waals surface area (Å²) in [7, 11) is -0.777. The highest BCUT2D eigenvalue weighted by Gasteiger charge is 2.16. The fraction of sp³-hybridized carbons (Fsp3) is 0.500. The number of hydrogen-bond acceptors (Lipinski definition) is 4. The lowest BCUT2D eigenvalue weighted by molar-refractivity contribution is 0.174. The third kappa shape index (κ3) is 3.46. The van der Waals surface area contributed by atoms with Crippen molar-refractivity contribution in [1.29, 1.82) is 0 Å². The average molecular weight is 334 g/mol. The summed E-state index contributed by atoms with van der Waals surface area (Å²) >= 11 is 3.52. The molecule has 2 rings (SSSR count). The Morgan fingerprint density at radius 3 is 2.78 bits per heavy atom. The van der Waals surface area contributed by atoms with E-state index in [9.17, 15) is 4.21 Å². The molecule has 6 heteroatoms. The van der Waals surface area contributed by atoms with Crippen molar-refractivity contribution in [2.75, 3.05) is 18.8 Å². The van der Waals surface area contributed by atoms with Gasteiger partial charge in [0.1, 0.15) is 0 Å². The van der Waals surface area contributed by atoms with Gasteiger partial charge in [-0.05, 0) is 24.6 Å². The molecule has 0 spiro atoms. The van der Waals surface area contributed by atoms with Gasteiger partial charge in [0.2, 0.25) is 6.79 Å². The van der Waals surface area contributed by atoms with Crippen LogP contribution in [0.3, 0.4) is 0 Å². The van der Waals surface area contributed by atoms with Crippen molar-refractivity contribution in [1.82, 2.24) is 5.32 Å². The van der Waals surface area contributed by atoms with Gasteiger partial charge in [0.05, 0.1) is 0 Å². The molecular weight excluding hydrogens is 318 g/mol. The highest BCUT2D eigenvalue weighted by atomic mass is 79.9. The summed E-state index contributed by atoms with van der Waals surface area (Å²) in [4.78, 5) is 0.